The van der Waals surface area contributed by atoms with Crippen molar-refractivity contribution < 1.29 is 12.8 Å². The van der Waals surface area contributed by atoms with Gasteiger partial charge in [-0.2, -0.15) is 12.9 Å². The molecule has 2 N–H and O–H groups in total. The molecule has 0 saturated carbocycles. The summed E-state index contributed by atoms with van der Waals surface area (Å²) in [5, 5.41) is 7.35. The van der Waals surface area contributed by atoms with Crippen molar-refractivity contribution in [1.29, 1.82) is 0 Å². The van der Waals surface area contributed by atoms with Crippen LogP contribution >= 0.6 is 0 Å². The molecule has 0 fully saturated rings. The van der Waals surface area contributed by atoms with Crippen LogP contribution in [0.2, 0.25) is 0 Å². The molecule has 2 aromatic carbocycles. The van der Waals surface area contributed by atoms with Gasteiger partial charge in [0.05, 0.1) is 6.20 Å². The molecule has 0 amide bonds. The zero-order chi connectivity index (χ0) is 19.6. The Morgan fingerprint density at radius 1 is 0.964 bits per heavy atom. The lowest BCUT2D eigenvalue weighted by Gasteiger charge is -2.09. The molecule has 2 heterocycles. The molecule has 0 radical (unpaired) electrons. The van der Waals surface area contributed by atoms with Crippen molar-refractivity contribution in [2.75, 3.05) is 10.0 Å². The highest BCUT2D eigenvalue weighted by Crippen LogP contribution is 2.18. The van der Waals surface area contributed by atoms with Crippen LogP contribution in [0.5, 0.6) is 0 Å². The minimum absolute atomic E-state index is 0.0724. The summed E-state index contributed by atoms with van der Waals surface area (Å²) in [4.78, 5) is 4.11. The summed E-state index contributed by atoms with van der Waals surface area (Å²) in [6.45, 7) is 0.415. The zero-order valence-corrected chi connectivity index (χ0v) is 15.4. The number of fused-ring (bicyclic) bond motifs is 1. The van der Waals surface area contributed by atoms with E-state index in [1.165, 1.54) is 22.8 Å². The minimum atomic E-state index is -3.87. The number of anilines is 2. The normalized spacial score (nSPS) is 11.5. The van der Waals surface area contributed by atoms with Crippen molar-refractivity contribution in [2.45, 2.75) is 11.6 Å². The standard InChI is InChI=1S/C19H16FN5O2S/c20-15-8-6-14(7-9-15)12-21-17-10-11-18-22-13-19(25(18)23-17)28(26,27)24-16-4-2-1-3-5-16/h1-11,13,24H,12H2,(H,21,23). The highest BCUT2D eigenvalue weighted by atomic mass is 32.2. The van der Waals surface area contributed by atoms with Crippen molar-refractivity contribution in [3.63, 3.8) is 0 Å². The largest absolute Gasteiger partial charge is 0.365 e. The number of nitrogens with zero attached hydrogens (tertiary/aromatic N) is 3. The van der Waals surface area contributed by atoms with Crippen LogP contribution < -0.4 is 10.0 Å². The van der Waals surface area contributed by atoms with Gasteiger partial charge in [0.25, 0.3) is 10.0 Å². The van der Waals surface area contributed by atoms with Crippen LogP contribution in [-0.4, -0.2) is 23.0 Å². The van der Waals surface area contributed by atoms with Gasteiger partial charge in [-0.1, -0.05) is 30.3 Å². The van der Waals surface area contributed by atoms with Gasteiger partial charge in [0.15, 0.2) is 10.7 Å². The van der Waals surface area contributed by atoms with Gasteiger partial charge in [-0.25, -0.2) is 9.37 Å². The Bertz CT molecular complexity index is 1210. The summed E-state index contributed by atoms with van der Waals surface area (Å²) in [6, 6.07) is 18.0. The molecule has 0 atom stereocenters. The van der Waals surface area contributed by atoms with Gasteiger partial charge in [0.2, 0.25) is 0 Å². The van der Waals surface area contributed by atoms with Crippen molar-refractivity contribution in [1.82, 2.24) is 14.6 Å². The Hall–Kier alpha value is -3.46. The second-order valence-electron chi connectivity index (χ2n) is 6.04. The van der Waals surface area contributed by atoms with Gasteiger partial charge in [0.1, 0.15) is 11.6 Å². The van der Waals surface area contributed by atoms with E-state index in [0.717, 1.165) is 5.56 Å². The van der Waals surface area contributed by atoms with Gasteiger partial charge < -0.3 is 5.32 Å². The van der Waals surface area contributed by atoms with Crippen LogP contribution in [0.25, 0.3) is 5.65 Å². The summed E-state index contributed by atoms with van der Waals surface area (Å²) in [5.41, 5.74) is 1.72. The van der Waals surface area contributed by atoms with E-state index < -0.39 is 10.0 Å². The zero-order valence-electron chi connectivity index (χ0n) is 14.6. The first-order valence-corrected chi connectivity index (χ1v) is 9.90. The van der Waals surface area contributed by atoms with Crippen LogP contribution in [0.3, 0.4) is 0 Å². The van der Waals surface area contributed by atoms with E-state index in [-0.39, 0.29) is 10.8 Å². The third-order valence-electron chi connectivity index (χ3n) is 4.02. The van der Waals surface area contributed by atoms with Gasteiger partial charge >= 0.3 is 0 Å². The molecule has 2 aromatic heterocycles. The highest BCUT2D eigenvalue weighted by Gasteiger charge is 2.20. The number of para-hydroxylation sites is 1. The third-order valence-corrected chi connectivity index (χ3v) is 5.35. The first-order chi connectivity index (χ1) is 13.5. The molecule has 0 spiro atoms. The number of hydrogen-bond donors (Lipinski definition) is 2. The fourth-order valence-corrected chi connectivity index (χ4v) is 3.74. The Kier molecular flexibility index (Phi) is 4.66. The number of aromatic nitrogens is 3. The summed E-state index contributed by atoms with van der Waals surface area (Å²) in [7, 11) is -3.87. The molecule has 7 nitrogen and oxygen atoms in total. The predicted octanol–water partition coefficient (Wildman–Crippen LogP) is 3.28. The average molecular weight is 397 g/mol. The van der Waals surface area contributed by atoms with E-state index in [9.17, 15) is 12.8 Å². The lowest BCUT2D eigenvalue weighted by atomic mass is 10.2. The van der Waals surface area contributed by atoms with Gasteiger partial charge in [-0.3, -0.25) is 4.72 Å². The Morgan fingerprint density at radius 2 is 1.71 bits per heavy atom. The fourth-order valence-electron chi connectivity index (χ4n) is 2.64. The Labute approximate surface area is 160 Å². The summed E-state index contributed by atoms with van der Waals surface area (Å²) >= 11 is 0. The second-order valence-corrected chi connectivity index (χ2v) is 7.67. The van der Waals surface area contributed by atoms with Crippen LogP contribution in [0.1, 0.15) is 5.56 Å². The number of halogens is 1. The van der Waals surface area contributed by atoms with Crippen LogP contribution in [0, 0.1) is 5.82 Å². The molecule has 4 aromatic rings. The molecule has 0 aliphatic carbocycles. The maximum atomic E-state index is 13.0. The molecular weight excluding hydrogens is 381 g/mol. The number of imidazole rings is 1. The lowest BCUT2D eigenvalue weighted by Crippen LogP contribution is -2.16. The SMILES string of the molecule is O=S(=O)(Nc1ccccc1)c1cnc2ccc(NCc3ccc(F)cc3)nn12. The van der Waals surface area contributed by atoms with E-state index in [4.69, 9.17) is 0 Å². The molecule has 0 saturated heterocycles. The summed E-state index contributed by atoms with van der Waals surface area (Å²) in [5.74, 6) is 0.161. The first kappa shape index (κ1) is 17.9. The number of rotatable bonds is 6. The monoisotopic (exact) mass is 397 g/mol. The molecule has 0 bridgehead atoms. The van der Waals surface area contributed by atoms with Crippen molar-refractivity contribution >= 4 is 27.2 Å². The van der Waals surface area contributed by atoms with Crippen LogP contribution in [0.15, 0.2) is 78.0 Å². The number of sulfonamides is 1. The Morgan fingerprint density at radius 3 is 2.46 bits per heavy atom. The quantitative estimate of drug-likeness (QED) is 0.521. The lowest BCUT2D eigenvalue weighted by molar-refractivity contribution is 0.593. The van der Waals surface area contributed by atoms with Gasteiger partial charge in [-0.05, 0) is 42.0 Å². The average Bonchev–Trinajstić information content (AvgIpc) is 3.12. The summed E-state index contributed by atoms with van der Waals surface area (Å²) in [6.07, 6.45) is 1.26. The maximum absolute atomic E-state index is 13.0. The van der Waals surface area contributed by atoms with E-state index >= 15 is 0 Å². The maximum Gasteiger partial charge on any atom is 0.281 e. The fraction of sp³-hybridized carbons (Fsp3) is 0.0526. The molecule has 142 valence electrons. The Balaban J connectivity index is 1.59. The molecule has 0 aliphatic rings. The van der Waals surface area contributed by atoms with Gasteiger partial charge in [0, 0.05) is 12.2 Å². The summed E-state index contributed by atoms with van der Waals surface area (Å²) < 4.78 is 42.2. The van der Waals surface area contributed by atoms with E-state index in [0.29, 0.717) is 23.7 Å². The van der Waals surface area contributed by atoms with E-state index in [1.807, 2.05) is 0 Å². The molecule has 9 heteroatoms. The molecule has 0 aliphatic heterocycles. The smallest absolute Gasteiger partial charge is 0.281 e. The van der Waals surface area contributed by atoms with Crippen molar-refractivity contribution in [3.8, 4) is 0 Å². The van der Waals surface area contributed by atoms with E-state index in [2.05, 4.69) is 20.1 Å². The number of hydrogen-bond acceptors (Lipinski definition) is 5. The number of nitrogens with one attached hydrogen (secondary N) is 2. The third kappa shape index (κ3) is 3.79. The first-order valence-electron chi connectivity index (χ1n) is 8.42. The second kappa shape index (κ2) is 7.28. The van der Waals surface area contributed by atoms with Gasteiger partial charge in [-0.15, -0.1) is 5.10 Å². The van der Waals surface area contributed by atoms with Crippen LogP contribution in [-0.2, 0) is 16.6 Å². The molecule has 4 rings (SSSR count). The molecular formula is C19H16FN5O2S. The minimum Gasteiger partial charge on any atom is -0.365 e. The van der Waals surface area contributed by atoms with Crippen LogP contribution in [0.4, 0.5) is 15.9 Å². The van der Waals surface area contributed by atoms with E-state index in [1.54, 1.807) is 54.6 Å². The topological polar surface area (TPSA) is 88.4 Å². The number of benzene rings is 2. The van der Waals surface area contributed by atoms with Crippen molar-refractivity contribution in [2.24, 2.45) is 0 Å². The molecule has 0 unspecified atom stereocenters. The highest BCUT2D eigenvalue weighted by molar-refractivity contribution is 7.92. The predicted molar refractivity (Wildman–Crippen MR) is 104 cm³/mol. The molecule has 28 heavy (non-hydrogen) atoms. The van der Waals surface area contributed by atoms with Crippen molar-refractivity contribution in [3.05, 3.63) is 84.3 Å².